The summed E-state index contributed by atoms with van der Waals surface area (Å²) < 4.78 is 0. The number of amides is 1. The fourth-order valence-corrected chi connectivity index (χ4v) is 9.17. The lowest BCUT2D eigenvalue weighted by Gasteiger charge is -2.60. The van der Waals surface area contributed by atoms with Gasteiger partial charge in [0.25, 0.3) is 0 Å². The molecule has 3 aliphatic rings. The highest BCUT2D eigenvalue weighted by Gasteiger charge is 2.63. The molecule has 0 unspecified atom stereocenters. The number of phenolic OH excluding ortho intramolecular Hbond substituents is 1. The molecule has 2 saturated carbocycles. The van der Waals surface area contributed by atoms with E-state index in [-0.39, 0.29) is 16.9 Å². The third-order valence-corrected chi connectivity index (χ3v) is 11.3. The molecule has 2 fully saturated rings. The lowest BCUT2D eigenvalue weighted by molar-refractivity contribution is -0.130. The van der Waals surface area contributed by atoms with Gasteiger partial charge in [-0.1, -0.05) is 77.4 Å². The predicted octanol–water partition coefficient (Wildman–Crippen LogP) is 8.55. The first-order valence-electron chi connectivity index (χ1n) is 16.6. The number of hydrogen-bond donors (Lipinski definition) is 2. The molecule has 0 radical (unpaired) electrons. The van der Waals surface area contributed by atoms with Crippen LogP contribution in [0.4, 0.5) is 0 Å². The smallest absolute Gasteiger partial charge is 0.222 e. The first kappa shape index (κ1) is 31.1. The van der Waals surface area contributed by atoms with Crippen molar-refractivity contribution in [1.29, 1.82) is 0 Å². The first-order valence-corrected chi connectivity index (χ1v) is 16.6. The second-order valence-corrected chi connectivity index (χ2v) is 13.8. The molecule has 0 bridgehead atoms. The highest BCUT2D eigenvalue weighted by molar-refractivity contribution is 5.75. The van der Waals surface area contributed by atoms with Gasteiger partial charge in [-0.25, -0.2) is 0 Å². The Morgan fingerprint density at radius 2 is 1.80 bits per heavy atom. The molecule has 1 aromatic rings. The quantitative estimate of drug-likeness (QED) is 0.170. The molecule has 6 atom stereocenters. The van der Waals surface area contributed by atoms with Crippen molar-refractivity contribution in [3.8, 4) is 5.75 Å². The van der Waals surface area contributed by atoms with Crippen LogP contribution in [0.3, 0.4) is 0 Å². The second-order valence-electron chi connectivity index (χ2n) is 13.8. The number of aliphatic hydroxyl groups excluding tert-OH is 1. The minimum absolute atomic E-state index is 0.0309. The maximum absolute atomic E-state index is 12.4. The van der Waals surface area contributed by atoms with Crippen molar-refractivity contribution in [2.24, 2.45) is 22.7 Å². The van der Waals surface area contributed by atoms with Crippen LogP contribution in [0.15, 0.2) is 30.9 Å². The molecular weight excluding hydrogens is 494 g/mol. The molecule has 4 rings (SSSR count). The van der Waals surface area contributed by atoms with Gasteiger partial charge in [0.15, 0.2) is 0 Å². The van der Waals surface area contributed by atoms with E-state index in [0.29, 0.717) is 35.8 Å². The zero-order valence-electron chi connectivity index (χ0n) is 25.8. The van der Waals surface area contributed by atoms with Gasteiger partial charge in [-0.2, -0.15) is 0 Å². The SMILES string of the molecule is C=C[C@@]12CCc3cc(O)ccc3[C@H]1[C@@H](CCCCCCCN(C)C(=O)CCCCCCC)C[C@@]1(C)[C@H]2CC[C@@H]1O. The average Bonchev–Trinajstić information content (AvgIpc) is 3.25. The van der Waals surface area contributed by atoms with E-state index in [1.54, 1.807) is 0 Å². The number of fused-ring (bicyclic) bond motifs is 5. The third-order valence-electron chi connectivity index (χ3n) is 11.3. The van der Waals surface area contributed by atoms with Crippen LogP contribution >= 0.6 is 0 Å². The number of aliphatic hydroxyl groups is 1. The normalized spacial score (nSPS) is 30.8. The van der Waals surface area contributed by atoms with Crippen molar-refractivity contribution in [3.63, 3.8) is 0 Å². The Hall–Kier alpha value is -1.81. The largest absolute Gasteiger partial charge is 0.508 e. The van der Waals surface area contributed by atoms with Gasteiger partial charge in [-0.05, 0) is 103 Å². The molecule has 4 nitrogen and oxygen atoms in total. The summed E-state index contributed by atoms with van der Waals surface area (Å²) in [5, 5.41) is 21.4. The Bertz CT molecular complexity index is 990. The number of allylic oxidation sites excluding steroid dienone is 1. The fraction of sp³-hybridized carbons (Fsp3) is 0.750. The van der Waals surface area contributed by atoms with Gasteiger partial charge in [0.1, 0.15) is 5.75 Å². The number of carbonyl (C=O) groups excluding carboxylic acids is 1. The number of aryl methyl sites for hydroxylation is 1. The summed E-state index contributed by atoms with van der Waals surface area (Å²) in [5.41, 5.74) is 2.74. The standard InChI is InChI=1S/C36H57NO3/c1-5-7-8-10-14-17-33(40)37(4)24-15-12-9-11-13-16-28-26-35(3)31(20-21-32(35)39)36(6-2)23-22-27-25-29(38)18-19-30(27)34(28)36/h6,18-19,25,28,31-32,34,38-39H,2,5,7-17,20-24,26H2,1,3-4H3/t28-,31+,32-,34+,35-,36-/m0/s1. The van der Waals surface area contributed by atoms with Gasteiger partial charge in [-0.15, -0.1) is 6.58 Å². The molecule has 2 N–H and O–H groups in total. The van der Waals surface area contributed by atoms with Crippen LogP contribution in [0.2, 0.25) is 0 Å². The summed E-state index contributed by atoms with van der Waals surface area (Å²) in [6.07, 6.45) is 21.0. The van der Waals surface area contributed by atoms with Crippen LogP contribution in [0.5, 0.6) is 5.75 Å². The zero-order chi connectivity index (χ0) is 28.8. The second kappa shape index (κ2) is 13.9. The molecule has 1 amide bonds. The predicted molar refractivity (Wildman–Crippen MR) is 165 cm³/mol. The lowest BCUT2D eigenvalue weighted by atomic mass is 9.44. The van der Waals surface area contributed by atoms with E-state index in [1.165, 1.54) is 68.9 Å². The number of nitrogens with zero attached hydrogens (tertiary/aromatic N) is 1. The van der Waals surface area contributed by atoms with Crippen LogP contribution in [0.25, 0.3) is 0 Å². The Labute approximate surface area is 244 Å². The van der Waals surface area contributed by atoms with Crippen molar-refractivity contribution in [2.45, 2.75) is 135 Å². The van der Waals surface area contributed by atoms with Crippen LogP contribution in [0, 0.1) is 22.7 Å². The lowest BCUT2D eigenvalue weighted by Crippen LogP contribution is -2.54. The molecule has 0 aliphatic heterocycles. The van der Waals surface area contributed by atoms with Gasteiger partial charge >= 0.3 is 0 Å². The fourth-order valence-electron chi connectivity index (χ4n) is 9.17. The molecule has 0 spiro atoms. The Morgan fingerprint density at radius 3 is 2.58 bits per heavy atom. The van der Waals surface area contributed by atoms with Crippen molar-refractivity contribution < 1.29 is 15.0 Å². The van der Waals surface area contributed by atoms with Crippen LogP contribution in [-0.2, 0) is 11.2 Å². The number of hydrogen-bond acceptors (Lipinski definition) is 3. The maximum atomic E-state index is 12.4. The van der Waals surface area contributed by atoms with Crippen molar-refractivity contribution in [3.05, 3.63) is 42.0 Å². The van der Waals surface area contributed by atoms with E-state index in [1.807, 2.05) is 24.1 Å². The molecule has 1 aromatic carbocycles. The Morgan fingerprint density at radius 1 is 1.07 bits per heavy atom. The summed E-state index contributed by atoms with van der Waals surface area (Å²) in [4.78, 5) is 14.3. The number of benzene rings is 1. The Balaban J connectivity index is 1.29. The summed E-state index contributed by atoms with van der Waals surface area (Å²) >= 11 is 0. The molecule has 224 valence electrons. The Kier molecular flexibility index (Phi) is 10.8. The van der Waals surface area contributed by atoms with Gasteiger partial charge < -0.3 is 15.1 Å². The topological polar surface area (TPSA) is 60.8 Å². The van der Waals surface area contributed by atoms with Crippen LogP contribution < -0.4 is 0 Å². The van der Waals surface area contributed by atoms with Crippen molar-refractivity contribution in [2.75, 3.05) is 13.6 Å². The summed E-state index contributed by atoms with van der Waals surface area (Å²) in [7, 11) is 1.97. The van der Waals surface area contributed by atoms with E-state index in [4.69, 9.17) is 0 Å². The highest BCUT2D eigenvalue weighted by Crippen LogP contribution is 2.69. The van der Waals surface area contributed by atoms with E-state index in [0.717, 1.165) is 51.5 Å². The molecule has 0 aromatic heterocycles. The molecule has 40 heavy (non-hydrogen) atoms. The molecule has 3 aliphatic carbocycles. The van der Waals surface area contributed by atoms with Gasteiger partial charge in [-0.3, -0.25) is 4.79 Å². The summed E-state index contributed by atoms with van der Waals surface area (Å²) in [6.45, 7) is 9.89. The summed E-state index contributed by atoms with van der Waals surface area (Å²) in [5.74, 6) is 2.11. The van der Waals surface area contributed by atoms with Gasteiger partial charge in [0, 0.05) is 20.0 Å². The average molecular weight is 552 g/mol. The number of aromatic hydroxyl groups is 1. The zero-order valence-corrected chi connectivity index (χ0v) is 25.8. The van der Waals surface area contributed by atoms with Crippen LogP contribution in [0.1, 0.15) is 134 Å². The molecule has 0 heterocycles. The third kappa shape index (κ3) is 6.48. The highest BCUT2D eigenvalue weighted by atomic mass is 16.3. The number of carbonyl (C=O) groups is 1. The van der Waals surface area contributed by atoms with Crippen LogP contribution in [-0.4, -0.2) is 40.7 Å². The minimum Gasteiger partial charge on any atom is -0.508 e. The maximum Gasteiger partial charge on any atom is 0.222 e. The van der Waals surface area contributed by atoms with E-state index in [2.05, 4.69) is 32.6 Å². The summed E-state index contributed by atoms with van der Waals surface area (Å²) in [6, 6.07) is 6.06. The van der Waals surface area contributed by atoms with Crippen molar-refractivity contribution in [1.82, 2.24) is 4.90 Å². The number of rotatable bonds is 15. The van der Waals surface area contributed by atoms with E-state index < -0.39 is 0 Å². The van der Waals surface area contributed by atoms with Gasteiger partial charge in [0.05, 0.1) is 6.10 Å². The molecule has 0 saturated heterocycles. The number of phenols is 1. The van der Waals surface area contributed by atoms with E-state index >= 15 is 0 Å². The monoisotopic (exact) mass is 551 g/mol. The molecule has 4 heteroatoms. The van der Waals surface area contributed by atoms with E-state index in [9.17, 15) is 15.0 Å². The van der Waals surface area contributed by atoms with Gasteiger partial charge in [0.2, 0.25) is 5.91 Å². The molecular formula is C36H57NO3. The minimum atomic E-state index is -0.213. The first-order chi connectivity index (χ1) is 19.3. The number of unbranched alkanes of at least 4 members (excludes halogenated alkanes) is 8. The van der Waals surface area contributed by atoms with Crippen molar-refractivity contribution >= 4 is 5.91 Å².